The minimum Gasteiger partial charge on any atom is -0.458 e. The Labute approximate surface area is 82.5 Å². The third kappa shape index (κ3) is 1.15. The summed E-state index contributed by atoms with van der Waals surface area (Å²) in [7, 11) is 0. The Balaban J connectivity index is 2.20. The van der Waals surface area contributed by atoms with Crippen LogP contribution in [-0.4, -0.2) is 6.61 Å². The molecule has 1 saturated heterocycles. The predicted molar refractivity (Wildman–Crippen MR) is 54.3 cm³/mol. The third-order valence-corrected chi connectivity index (χ3v) is 2.68. The highest BCUT2D eigenvalue weighted by Crippen LogP contribution is 2.34. The van der Waals surface area contributed by atoms with Crippen LogP contribution in [0.15, 0.2) is 28.7 Å². The van der Waals surface area contributed by atoms with Crippen LogP contribution in [0.5, 0.6) is 0 Å². The van der Waals surface area contributed by atoms with Gasteiger partial charge >= 0.3 is 0 Å². The molecule has 0 amide bonds. The fourth-order valence-electron chi connectivity index (χ4n) is 1.79. The average Bonchev–Trinajstić information content (AvgIpc) is 2.97. The minimum atomic E-state index is 0.215. The van der Waals surface area contributed by atoms with Crippen LogP contribution in [0.4, 0.5) is 0 Å². The lowest BCUT2D eigenvalue weighted by Gasteiger charge is -1.95. The molecule has 3 rings (SSSR count). The first kappa shape index (κ1) is 8.06. The summed E-state index contributed by atoms with van der Waals surface area (Å²) in [5.74, 6) is 0.973. The molecule has 2 heterocycles. The average molecular weight is 188 g/mol. The molecule has 1 fully saturated rings. The Hall–Kier alpha value is -1.28. The van der Waals surface area contributed by atoms with Gasteiger partial charge in [-0.25, -0.2) is 0 Å². The summed E-state index contributed by atoms with van der Waals surface area (Å²) in [4.78, 5) is 0. The number of aryl methyl sites for hydroxylation is 1. The van der Waals surface area contributed by atoms with Crippen molar-refractivity contribution in [2.24, 2.45) is 0 Å². The van der Waals surface area contributed by atoms with Crippen molar-refractivity contribution < 1.29 is 9.15 Å². The number of furan rings is 1. The largest absolute Gasteiger partial charge is 0.458 e. The van der Waals surface area contributed by atoms with Gasteiger partial charge < -0.3 is 9.15 Å². The van der Waals surface area contributed by atoms with Crippen LogP contribution in [0.2, 0.25) is 0 Å². The van der Waals surface area contributed by atoms with Crippen molar-refractivity contribution in [1.29, 1.82) is 0 Å². The van der Waals surface area contributed by atoms with Crippen molar-refractivity contribution in [2.45, 2.75) is 19.4 Å². The number of benzene rings is 1. The molecule has 0 spiro atoms. The van der Waals surface area contributed by atoms with Crippen molar-refractivity contribution in [3.63, 3.8) is 0 Å². The van der Waals surface area contributed by atoms with Crippen molar-refractivity contribution >= 4 is 11.0 Å². The summed E-state index contributed by atoms with van der Waals surface area (Å²) in [6, 6.07) is 8.37. The van der Waals surface area contributed by atoms with E-state index in [9.17, 15) is 0 Å². The van der Waals surface area contributed by atoms with Gasteiger partial charge in [0.2, 0.25) is 0 Å². The van der Waals surface area contributed by atoms with Crippen molar-refractivity contribution in [3.8, 4) is 0 Å². The quantitative estimate of drug-likeness (QED) is 0.677. The molecule has 0 radical (unpaired) electrons. The van der Waals surface area contributed by atoms with Gasteiger partial charge in [-0.15, -0.1) is 0 Å². The lowest BCUT2D eigenvalue weighted by atomic mass is 10.1. The molecule has 1 aromatic heterocycles. The van der Waals surface area contributed by atoms with Crippen LogP contribution < -0.4 is 0 Å². The zero-order valence-corrected chi connectivity index (χ0v) is 8.12. The van der Waals surface area contributed by atoms with Crippen molar-refractivity contribution in [3.05, 3.63) is 35.6 Å². The van der Waals surface area contributed by atoms with Gasteiger partial charge in [-0.3, -0.25) is 0 Å². The third-order valence-electron chi connectivity index (χ3n) is 2.68. The second-order valence-electron chi connectivity index (χ2n) is 3.66. The smallest absolute Gasteiger partial charge is 0.139 e. The zero-order valence-electron chi connectivity index (χ0n) is 8.12. The summed E-state index contributed by atoms with van der Waals surface area (Å²) in [6.07, 6.45) is 1.22. The minimum absolute atomic E-state index is 0.215. The number of rotatable bonds is 2. The van der Waals surface area contributed by atoms with Gasteiger partial charge in [-0.05, 0) is 18.1 Å². The highest BCUT2D eigenvalue weighted by atomic mass is 16.6. The number of hydrogen-bond acceptors (Lipinski definition) is 2. The van der Waals surface area contributed by atoms with Gasteiger partial charge in [-0.2, -0.15) is 0 Å². The highest BCUT2D eigenvalue weighted by molar-refractivity contribution is 5.81. The van der Waals surface area contributed by atoms with Crippen LogP contribution in [0.1, 0.15) is 24.4 Å². The first-order chi connectivity index (χ1) is 6.88. The molecule has 2 heteroatoms. The lowest BCUT2D eigenvalue weighted by Crippen LogP contribution is -1.78. The molecule has 1 atom stereocenters. The summed E-state index contributed by atoms with van der Waals surface area (Å²) < 4.78 is 11.0. The number of fused-ring (bicyclic) bond motifs is 1. The van der Waals surface area contributed by atoms with Gasteiger partial charge in [0.05, 0.1) is 6.61 Å². The maximum atomic E-state index is 5.79. The second kappa shape index (κ2) is 2.85. The fourth-order valence-corrected chi connectivity index (χ4v) is 1.79. The van der Waals surface area contributed by atoms with Gasteiger partial charge in [0, 0.05) is 5.39 Å². The first-order valence-electron chi connectivity index (χ1n) is 5.01. The Bertz CT molecular complexity index is 466. The number of para-hydroxylation sites is 1. The van der Waals surface area contributed by atoms with E-state index in [0.717, 1.165) is 24.4 Å². The number of epoxide rings is 1. The molecular formula is C12H12O2. The monoisotopic (exact) mass is 188 g/mol. The molecule has 0 N–H and O–H groups in total. The molecule has 1 aromatic carbocycles. The van der Waals surface area contributed by atoms with Crippen LogP contribution >= 0.6 is 0 Å². The number of ether oxygens (including phenoxy) is 1. The van der Waals surface area contributed by atoms with Crippen LogP contribution in [-0.2, 0) is 11.2 Å². The van der Waals surface area contributed by atoms with Crippen LogP contribution in [0, 0.1) is 0 Å². The number of hydrogen-bond donors (Lipinski definition) is 0. The van der Waals surface area contributed by atoms with E-state index in [0.29, 0.717) is 0 Å². The van der Waals surface area contributed by atoms with E-state index >= 15 is 0 Å². The van der Waals surface area contributed by atoms with Crippen LogP contribution in [0.3, 0.4) is 0 Å². The van der Waals surface area contributed by atoms with Gasteiger partial charge in [0.25, 0.3) is 0 Å². The van der Waals surface area contributed by atoms with Gasteiger partial charge in [0.15, 0.2) is 0 Å². The summed E-state index contributed by atoms with van der Waals surface area (Å²) in [6.45, 7) is 2.95. The molecule has 2 nitrogen and oxygen atoms in total. The first-order valence-corrected chi connectivity index (χ1v) is 5.01. The van der Waals surface area contributed by atoms with E-state index in [1.165, 1.54) is 10.9 Å². The predicted octanol–water partition coefficient (Wildman–Crippen LogP) is 3.07. The maximum absolute atomic E-state index is 5.79. The van der Waals surface area contributed by atoms with Crippen molar-refractivity contribution in [1.82, 2.24) is 0 Å². The normalized spacial score (nSPS) is 20.2. The van der Waals surface area contributed by atoms with E-state index < -0.39 is 0 Å². The zero-order chi connectivity index (χ0) is 9.54. The molecule has 0 aliphatic carbocycles. The molecule has 1 aliphatic rings. The fraction of sp³-hybridized carbons (Fsp3) is 0.333. The Morgan fingerprint density at radius 1 is 1.43 bits per heavy atom. The van der Waals surface area contributed by atoms with Gasteiger partial charge in [-0.1, -0.05) is 25.1 Å². The molecule has 14 heavy (non-hydrogen) atoms. The topological polar surface area (TPSA) is 25.7 Å². The van der Waals surface area contributed by atoms with Gasteiger partial charge in [0.1, 0.15) is 17.4 Å². The Morgan fingerprint density at radius 3 is 3.00 bits per heavy atom. The molecule has 0 unspecified atom stereocenters. The molecule has 1 aliphatic heterocycles. The van der Waals surface area contributed by atoms with E-state index in [-0.39, 0.29) is 6.10 Å². The SMILES string of the molecule is CCc1cccc2cc([C@H]3CO3)oc12. The molecule has 2 aromatic rings. The second-order valence-corrected chi connectivity index (χ2v) is 3.66. The molecule has 0 bridgehead atoms. The molecule has 0 saturated carbocycles. The summed E-state index contributed by atoms with van der Waals surface area (Å²) in [5.41, 5.74) is 2.30. The van der Waals surface area contributed by atoms with Crippen molar-refractivity contribution in [2.75, 3.05) is 6.61 Å². The Morgan fingerprint density at radius 2 is 2.29 bits per heavy atom. The van der Waals surface area contributed by atoms with E-state index in [1.807, 2.05) is 0 Å². The summed E-state index contributed by atoms with van der Waals surface area (Å²) in [5, 5.41) is 1.19. The van der Waals surface area contributed by atoms with Crippen LogP contribution in [0.25, 0.3) is 11.0 Å². The molecular weight excluding hydrogens is 176 g/mol. The molecule has 72 valence electrons. The Kier molecular flexibility index (Phi) is 1.64. The van der Waals surface area contributed by atoms with E-state index in [1.54, 1.807) is 0 Å². The standard InChI is InChI=1S/C12H12O2/c1-2-8-4-3-5-9-6-10(11-7-13-11)14-12(8)9/h3-6,11H,2,7H2,1H3/t11-/m1/s1. The van der Waals surface area contributed by atoms with E-state index in [2.05, 4.69) is 31.2 Å². The highest BCUT2D eigenvalue weighted by Gasteiger charge is 2.28. The maximum Gasteiger partial charge on any atom is 0.139 e. The lowest BCUT2D eigenvalue weighted by molar-refractivity contribution is 0.378. The summed E-state index contributed by atoms with van der Waals surface area (Å²) >= 11 is 0. The van der Waals surface area contributed by atoms with E-state index in [4.69, 9.17) is 9.15 Å².